The van der Waals surface area contributed by atoms with E-state index < -0.39 is 0 Å². The van der Waals surface area contributed by atoms with Crippen LogP contribution in [0.4, 0.5) is 0 Å². The number of aryl methyl sites for hydroxylation is 2. The quantitative estimate of drug-likeness (QED) is 0.810. The van der Waals surface area contributed by atoms with Crippen LogP contribution in [0.1, 0.15) is 43.0 Å². The molecule has 2 aromatic rings. The molecule has 3 rings (SSSR count). The summed E-state index contributed by atoms with van der Waals surface area (Å²) in [6, 6.07) is 0. The van der Waals surface area contributed by atoms with Gasteiger partial charge < -0.3 is 4.98 Å². The fourth-order valence-corrected chi connectivity index (χ4v) is 3.60. The summed E-state index contributed by atoms with van der Waals surface area (Å²) in [5.41, 5.74) is 2.71. The van der Waals surface area contributed by atoms with E-state index in [0.29, 0.717) is 11.7 Å². The largest absolute Gasteiger partial charge is 0.305 e. The zero-order chi connectivity index (χ0) is 14.3. The second kappa shape index (κ2) is 5.31. The Morgan fingerprint density at radius 2 is 2.10 bits per heavy atom. The van der Waals surface area contributed by atoms with Crippen molar-refractivity contribution in [3.05, 3.63) is 31.5 Å². The van der Waals surface area contributed by atoms with E-state index in [1.54, 1.807) is 4.68 Å². The number of aromatic nitrogens is 4. The Balaban J connectivity index is 2.13. The highest BCUT2D eigenvalue weighted by molar-refractivity contribution is 14.1. The van der Waals surface area contributed by atoms with Gasteiger partial charge in [-0.2, -0.15) is 5.10 Å². The lowest BCUT2D eigenvalue weighted by Gasteiger charge is -2.11. The Morgan fingerprint density at radius 1 is 1.40 bits per heavy atom. The molecule has 0 radical (unpaired) electrons. The maximum Gasteiger partial charge on any atom is 0.264 e. The predicted molar refractivity (Wildman–Crippen MR) is 85.7 cm³/mol. The molecule has 5 nitrogen and oxygen atoms in total. The molecule has 20 heavy (non-hydrogen) atoms. The molecule has 106 valence electrons. The number of nitrogens with one attached hydrogen (secondary N) is 1. The molecule has 1 saturated carbocycles. The average Bonchev–Trinajstić information content (AvgIpc) is 3.02. The number of aromatic amines is 1. The number of rotatable bonds is 2. The van der Waals surface area contributed by atoms with Crippen molar-refractivity contribution in [3.63, 3.8) is 0 Å². The van der Waals surface area contributed by atoms with E-state index in [9.17, 15) is 4.79 Å². The van der Waals surface area contributed by atoms with Gasteiger partial charge in [0.2, 0.25) is 0 Å². The highest BCUT2D eigenvalue weighted by atomic mass is 127. The monoisotopic (exact) mass is 384 g/mol. The summed E-state index contributed by atoms with van der Waals surface area (Å²) in [7, 11) is 1.87. The number of H-pyrrole nitrogens is 1. The lowest BCUT2D eigenvalue weighted by atomic mass is 10.0. The van der Waals surface area contributed by atoms with Crippen LogP contribution in [0.15, 0.2) is 11.0 Å². The minimum absolute atomic E-state index is 0.0410. The molecule has 2 heterocycles. The van der Waals surface area contributed by atoms with E-state index in [0.717, 1.165) is 33.4 Å². The molecule has 0 aromatic carbocycles. The third-order valence-corrected chi connectivity index (χ3v) is 4.94. The van der Waals surface area contributed by atoms with Crippen LogP contribution in [-0.4, -0.2) is 19.7 Å². The molecule has 0 aliphatic heterocycles. The molecular weight excluding hydrogens is 367 g/mol. The molecule has 1 aliphatic rings. The van der Waals surface area contributed by atoms with Crippen molar-refractivity contribution >= 4 is 22.6 Å². The molecule has 0 atom stereocenters. The first kappa shape index (κ1) is 13.8. The van der Waals surface area contributed by atoms with Crippen molar-refractivity contribution in [3.8, 4) is 11.4 Å². The average molecular weight is 384 g/mol. The van der Waals surface area contributed by atoms with Crippen LogP contribution < -0.4 is 5.56 Å². The number of halogens is 1. The number of nitrogens with zero attached hydrogens (tertiary/aromatic N) is 3. The lowest BCUT2D eigenvalue weighted by molar-refractivity contribution is 0.687. The fraction of sp³-hybridized carbons (Fsp3) is 0.500. The van der Waals surface area contributed by atoms with Gasteiger partial charge in [0.05, 0.1) is 20.5 Å². The third kappa shape index (κ3) is 2.41. The van der Waals surface area contributed by atoms with Gasteiger partial charge in [-0.15, -0.1) is 0 Å². The normalized spacial score (nSPS) is 15.9. The summed E-state index contributed by atoms with van der Waals surface area (Å²) < 4.78 is 2.48. The lowest BCUT2D eigenvalue weighted by Crippen LogP contribution is -2.18. The van der Waals surface area contributed by atoms with Gasteiger partial charge in [-0.3, -0.25) is 9.48 Å². The maximum atomic E-state index is 12.2. The first-order valence-electron chi connectivity index (χ1n) is 6.86. The molecule has 0 bridgehead atoms. The van der Waals surface area contributed by atoms with Crippen molar-refractivity contribution in [1.29, 1.82) is 0 Å². The van der Waals surface area contributed by atoms with Gasteiger partial charge in [0.25, 0.3) is 5.56 Å². The smallest absolute Gasteiger partial charge is 0.264 e. The zero-order valence-corrected chi connectivity index (χ0v) is 13.8. The topological polar surface area (TPSA) is 63.6 Å². The van der Waals surface area contributed by atoms with Crippen molar-refractivity contribution in [2.75, 3.05) is 0 Å². The Hall–Kier alpha value is -1.18. The fourth-order valence-electron chi connectivity index (χ4n) is 2.91. The van der Waals surface area contributed by atoms with Crippen molar-refractivity contribution in [2.24, 2.45) is 7.05 Å². The van der Waals surface area contributed by atoms with E-state index in [4.69, 9.17) is 4.98 Å². The Kier molecular flexibility index (Phi) is 3.66. The van der Waals surface area contributed by atoms with Crippen LogP contribution in [0.3, 0.4) is 0 Å². The van der Waals surface area contributed by atoms with Gasteiger partial charge in [-0.1, -0.05) is 12.8 Å². The standard InChI is InChI=1S/C14H17IN4O/c1-8-10(7-19(2)18-8)13-16-12(9-5-3-4-6-9)11(15)14(20)17-13/h7,9H,3-6H2,1-2H3,(H,16,17,20). The Morgan fingerprint density at radius 3 is 2.70 bits per heavy atom. The highest BCUT2D eigenvalue weighted by Gasteiger charge is 2.23. The van der Waals surface area contributed by atoms with Gasteiger partial charge in [0, 0.05) is 19.2 Å². The van der Waals surface area contributed by atoms with E-state index in [-0.39, 0.29) is 5.56 Å². The summed E-state index contributed by atoms with van der Waals surface area (Å²) >= 11 is 2.12. The van der Waals surface area contributed by atoms with Gasteiger partial charge >= 0.3 is 0 Å². The SMILES string of the molecule is Cc1nn(C)cc1-c1nc(C2CCCC2)c(I)c(=O)[nH]1. The van der Waals surface area contributed by atoms with E-state index in [1.165, 1.54) is 12.8 Å². The molecule has 1 N–H and O–H groups in total. The van der Waals surface area contributed by atoms with E-state index in [2.05, 4.69) is 32.7 Å². The van der Waals surface area contributed by atoms with E-state index >= 15 is 0 Å². The minimum Gasteiger partial charge on any atom is -0.305 e. The van der Waals surface area contributed by atoms with Crippen molar-refractivity contribution < 1.29 is 0 Å². The second-order valence-electron chi connectivity index (χ2n) is 5.40. The third-order valence-electron chi connectivity index (χ3n) is 3.90. The molecule has 0 unspecified atom stereocenters. The molecule has 1 aliphatic carbocycles. The van der Waals surface area contributed by atoms with Crippen molar-refractivity contribution in [2.45, 2.75) is 38.5 Å². The predicted octanol–water partition coefficient (Wildman–Crippen LogP) is 2.74. The van der Waals surface area contributed by atoms with E-state index in [1.807, 2.05) is 20.2 Å². The van der Waals surface area contributed by atoms with Gasteiger partial charge in [-0.05, 0) is 42.4 Å². The summed E-state index contributed by atoms with van der Waals surface area (Å²) in [6.07, 6.45) is 6.64. The summed E-state index contributed by atoms with van der Waals surface area (Å²) in [4.78, 5) is 19.8. The molecule has 0 spiro atoms. The highest BCUT2D eigenvalue weighted by Crippen LogP contribution is 2.35. The molecule has 2 aromatic heterocycles. The summed E-state index contributed by atoms with van der Waals surface area (Å²) in [5, 5.41) is 4.32. The Bertz CT molecular complexity index is 698. The molecule has 0 saturated heterocycles. The first-order valence-corrected chi connectivity index (χ1v) is 7.94. The molecule has 0 amide bonds. The van der Waals surface area contributed by atoms with Gasteiger partial charge in [-0.25, -0.2) is 4.98 Å². The minimum atomic E-state index is -0.0410. The summed E-state index contributed by atoms with van der Waals surface area (Å²) in [5.74, 6) is 1.07. The molecule has 6 heteroatoms. The van der Waals surface area contributed by atoms with Crippen LogP contribution >= 0.6 is 22.6 Å². The van der Waals surface area contributed by atoms with Crippen LogP contribution in [-0.2, 0) is 7.05 Å². The molecule has 1 fully saturated rings. The number of hydrogen-bond donors (Lipinski definition) is 1. The first-order chi connectivity index (χ1) is 9.56. The summed E-state index contributed by atoms with van der Waals surface area (Å²) in [6.45, 7) is 1.93. The van der Waals surface area contributed by atoms with Crippen LogP contribution in [0, 0.1) is 10.5 Å². The van der Waals surface area contributed by atoms with Gasteiger partial charge in [0.15, 0.2) is 0 Å². The van der Waals surface area contributed by atoms with Crippen LogP contribution in [0.2, 0.25) is 0 Å². The Labute approximate surface area is 131 Å². The van der Waals surface area contributed by atoms with Gasteiger partial charge in [0.1, 0.15) is 5.82 Å². The zero-order valence-electron chi connectivity index (χ0n) is 11.6. The van der Waals surface area contributed by atoms with Crippen LogP contribution in [0.5, 0.6) is 0 Å². The molecular formula is C14H17IN4O. The number of hydrogen-bond acceptors (Lipinski definition) is 3. The maximum absolute atomic E-state index is 12.2. The second-order valence-corrected chi connectivity index (χ2v) is 6.48. The van der Waals surface area contributed by atoms with Crippen molar-refractivity contribution in [1.82, 2.24) is 19.7 Å². The van der Waals surface area contributed by atoms with Crippen LogP contribution in [0.25, 0.3) is 11.4 Å².